The van der Waals surface area contributed by atoms with Gasteiger partial charge in [-0.15, -0.1) is 0 Å². The number of methoxy groups -OCH3 is 1. The second-order valence-electron chi connectivity index (χ2n) is 5.50. The van der Waals surface area contributed by atoms with Gasteiger partial charge in [0.2, 0.25) is 5.91 Å². The maximum absolute atomic E-state index is 11.7. The van der Waals surface area contributed by atoms with Crippen molar-refractivity contribution in [2.45, 2.75) is 39.0 Å². The lowest BCUT2D eigenvalue weighted by molar-refractivity contribution is -0.121. The van der Waals surface area contributed by atoms with Crippen molar-refractivity contribution in [1.82, 2.24) is 5.32 Å². The molecule has 0 spiro atoms. The van der Waals surface area contributed by atoms with Gasteiger partial charge in [-0.3, -0.25) is 4.79 Å². The topological polar surface area (TPSA) is 38.3 Å². The van der Waals surface area contributed by atoms with E-state index in [0.717, 1.165) is 11.3 Å². The van der Waals surface area contributed by atoms with Crippen LogP contribution in [0.3, 0.4) is 0 Å². The van der Waals surface area contributed by atoms with Crippen LogP contribution in [-0.2, 0) is 4.79 Å². The minimum Gasteiger partial charge on any atom is -0.496 e. The van der Waals surface area contributed by atoms with Crippen molar-refractivity contribution < 1.29 is 9.53 Å². The van der Waals surface area contributed by atoms with E-state index in [4.69, 9.17) is 4.74 Å². The van der Waals surface area contributed by atoms with Gasteiger partial charge in [0.25, 0.3) is 0 Å². The maximum Gasteiger partial charge on any atom is 0.220 e. The van der Waals surface area contributed by atoms with Crippen molar-refractivity contribution >= 4 is 5.91 Å². The summed E-state index contributed by atoms with van der Waals surface area (Å²) in [6, 6.07) is 4.28. The Morgan fingerprint density at radius 3 is 2.58 bits per heavy atom. The van der Waals surface area contributed by atoms with Gasteiger partial charge in [0.1, 0.15) is 5.75 Å². The summed E-state index contributed by atoms with van der Waals surface area (Å²) in [6.45, 7) is 4.17. The fraction of sp³-hybridized carbons (Fsp3) is 0.562. The molecule has 2 rings (SSSR count). The van der Waals surface area contributed by atoms with Crippen molar-refractivity contribution in [3.05, 3.63) is 28.8 Å². The molecule has 3 nitrogen and oxygen atoms in total. The molecule has 0 heterocycles. The normalized spacial score (nSPS) is 16.0. The summed E-state index contributed by atoms with van der Waals surface area (Å²) >= 11 is 0. The zero-order valence-corrected chi connectivity index (χ0v) is 12.2. The third-order valence-corrected chi connectivity index (χ3v) is 4.06. The molecular weight excluding hydrogens is 238 g/mol. The van der Waals surface area contributed by atoms with Crippen LogP contribution in [0, 0.1) is 19.8 Å². The van der Waals surface area contributed by atoms with Crippen LogP contribution in [0.4, 0.5) is 0 Å². The zero-order valence-electron chi connectivity index (χ0n) is 12.2. The molecule has 1 saturated carbocycles. The Morgan fingerprint density at radius 2 is 2.05 bits per heavy atom. The highest BCUT2D eigenvalue weighted by atomic mass is 16.5. The molecule has 1 atom stereocenters. The van der Waals surface area contributed by atoms with E-state index < -0.39 is 0 Å². The molecule has 0 aromatic heterocycles. The standard InChI is InChI=1S/C16H23NO2/c1-10-8-15(19-4)11(2)7-13(10)14(12-5-6-12)9-16(18)17-3/h7-8,12,14H,5-6,9H2,1-4H3,(H,17,18). The van der Waals surface area contributed by atoms with E-state index in [2.05, 4.69) is 31.3 Å². The smallest absolute Gasteiger partial charge is 0.220 e. The summed E-state index contributed by atoms with van der Waals surface area (Å²) < 4.78 is 5.36. The van der Waals surface area contributed by atoms with Gasteiger partial charge in [-0.25, -0.2) is 0 Å². The summed E-state index contributed by atoms with van der Waals surface area (Å²) in [4.78, 5) is 11.7. The molecule has 1 aliphatic rings. The van der Waals surface area contributed by atoms with Crippen molar-refractivity contribution in [1.29, 1.82) is 0 Å². The lowest BCUT2D eigenvalue weighted by Gasteiger charge is -2.20. The van der Waals surface area contributed by atoms with Crippen molar-refractivity contribution in [3.63, 3.8) is 0 Å². The molecule has 1 aromatic rings. The van der Waals surface area contributed by atoms with Crippen LogP contribution in [0.1, 0.15) is 41.9 Å². The minimum absolute atomic E-state index is 0.129. The molecule has 0 aliphatic heterocycles. The number of amides is 1. The van der Waals surface area contributed by atoms with Gasteiger partial charge in [-0.2, -0.15) is 0 Å². The van der Waals surface area contributed by atoms with Gasteiger partial charge in [0.15, 0.2) is 0 Å². The molecule has 1 unspecified atom stereocenters. The van der Waals surface area contributed by atoms with Gasteiger partial charge < -0.3 is 10.1 Å². The average molecular weight is 261 g/mol. The molecule has 1 aliphatic carbocycles. The van der Waals surface area contributed by atoms with E-state index in [-0.39, 0.29) is 5.91 Å². The van der Waals surface area contributed by atoms with Gasteiger partial charge in [-0.05, 0) is 61.3 Å². The van der Waals surface area contributed by atoms with Crippen molar-refractivity contribution in [2.24, 2.45) is 5.92 Å². The predicted octanol–water partition coefficient (Wildman–Crippen LogP) is 2.94. The van der Waals surface area contributed by atoms with Crippen LogP contribution >= 0.6 is 0 Å². The first-order valence-corrected chi connectivity index (χ1v) is 6.92. The highest BCUT2D eigenvalue weighted by Crippen LogP contribution is 2.46. The van der Waals surface area contributed by atoms with Gasteiger partial charge in [0.05, 0.1) is 7.11 Å². The molecule has 0 saturated heterocycles. The third kappa shape index (κ3) is 3.09. The number of hydrogen-bond acceptors (Lipinski definition) is 2. The molecular formula is C16H23NO2. The first kappa shape index (κ1) is 13.9. The Bertz CT molecular complexity index is 478. The van der Waals surface area contributed by atoms with Crippen molar-refractivity contribution in [3.8, 4) is 5.75 Å². The highest BCUT2D eigenvalue weighted by molar-refractivity contribution is 5.76. The van der Waals surface area contributed by atoms with Crippen LogP contribution in [0.5, 0.6) is 5.75 Å². The first-order valence-electron chi connectivity index (χ1n) is 6.92. The van der Waals surface area contributed by atoms with Crippen molar-refractivity contribution in [2.75, 3.05) is 14.2 Å². The Morgan fingerprint density at radius 1 is 1.37 bits per heavy atom. The van der Waals surface area contributed by atoms with E-state index in [9.17, 15) is 4.79 Å². The Kier molecular flexibility index (Phi) is 4.13. The maximum atomic E-state index is 11.7. The average Bonchev–Trinajstić information content (AvgIpc) is 3.22. The fourth-order valence-electron chi connectivity index (χ4n) is 2.76. The lowest BCUT2D eigenvalue weighted by atomic mass is 9.86. The molecule has 1 fully saturated rings. The Labute approximate surface area is 115 Å². The molecule has 0 bridgehead atoms. The van der Waals surface area contributed by atoms with Gasteiger partial charge >= 0.3 is 0 Å². The monoisotopic (exact) mass is 261 g/mol. The number of benzene rings is 1. The number of aryl methyl sites for hydroxylation is 2. The van der Waals surface area contributed by atoms with Crippen LogP contribution in [0.25, 0.3) is 0 Å². The SMILES string of the molecule is CNC(=O)CC(c1cc(C)c(OC)cc1C)C1CC1. The zero-order chi connectivity index (χ0) is 14.0. The van der Waals surface area contributed by atoms with Crippen LogP contribution in [0.2, 0.25) is 0 Å². The number of hydrogen-bond donors (Lipinski definition) is 1. The second-order valence-corrected chi connectivity index (χ2v) is 5.50. The molecule has 1 amide bonds. The quantitative estimate of drug-likeness (QED) is 0.885. The van der Waals surface area contributed by atoms with Crippen LogP contribution < -0.4 is 10.1 Å². The predicted molar refractivity (Wildman–Crippen MR) is 76.6 cm³/mol. The Balaban J connectivity index is 2.31. The van der Waals surface area contributed by atoms with E-state index in [1.165, 1.54) is 24.0 Å². The lowest BCUT2D eigenvalue weighted by Crippen LogP contribution is -2.21. The number of carbonyl (C=O) groups is 1. The summed E-state index contributed by atoms with van der Waals surface area (Å²) in [5.74, 6) is 2.08. The molecule has 1 N–H and O–H groups in total. The van der Waals surface area contributed by atoms with E-state index in [1.54, 1.807) is 14.2 Å². The molecule has 19 heavy (non-hydrogen) atoms. The Hall–Kier alpha value is -1.51. The van der Waals surface area contributed by atoms with E-state index in [1.807, 2.05) is 0 Å². The summed E-state index contributed by atoms with van der Waals surface area (Å²) in [5, 5.41) is 2.74. The summed E-state index contributed by atoms with van der Waals surface area (Å²) in [5.41, 5.74) is 3.68. The molecule has 0 radical (unpaired) electrons. The van der Waals surface area contributed by atoms with E-state index in [0.29, 0.717) is 18.3 Å². The first-order chi connectivity index (χ1) is 9.06. The van der Waals surface area contributed by atoms with Crippen LogP contribution in [-0.4, -0.2) is 20.1 Å². The van der Waals surface area contributed by atoms with Gasteiger partial charge in [-0.1, -0.05) is 6.07 Å². The highest BCUT2D eigenvalue weighted by Gasteiger charge is 2.34. The number of nitrogens with one attached hydrogen (secondary N) is 1. The minimum atomic E-state index is 0.129. The summed E-state index contributed by atoms with van der Waals surface area (Å²) in [6.07, 6.45) is 3.08. The second kappa shape index (κ2) is 5.64. The summed E-state index contributed by atoms with van der Waals surface area (Å²) in [7, 11) is 3.41. The largest absolute Gasteiger partial charge is 0.496 e. The third-order valence-electron chi connectivity index (χ3n) is 4.06. The van der Waals surface area contributed by atoms with Crippen LogP contribution in [0.15, 0.2) is 12.1 Å². The molecule has 104 valence electrons. The molecule has 3 heteroatoms. The fourth-order valence-corrected chi connectivity index (χ4v) is 2.76. The number of carbonyl (C=O) groups excluding carboxylic acids is 1. The number of ether oxygens (including phenoxy) is 1. The molecule has 1 aromatic carbocycles. The van der Waals surface area contributed by atoms with E-state index >= 15 is 0 Å². The van der Waals surface area contributed by atoms with Gasteiger partial charge in [0, 0.05) is 13.5 Å². The number of rotatable bonds is 5.